The summed E-state index contributed by atoms with van der Waals surface area (Å²) in [5.74, 6) is 1.84. The third kappa shape index (κ3) is 3.38. The minimum absolute atomic E-state index is 0.230. The van der Waals surface area contributed by atoms with Crippen LogP contribution in [0.25, 0.3) is 22.2 Å². The first-order valence-corrected chi connectivity index (χ1v) is 9.35. The second-order valence-electron chi connectivity index (χ2n) is 6.67. The number of ether oxygens (including phenoxy) is 2. The van der Waals surface area contributed by atoms with Crippen molar-refractivity contribution in [1.29, 1.82) is 0 Å². The van der Waals surface area contributed by atoms with Crippen molar-refractivity contribution in [2.75, 3.05) is 18.5 Å². The third-order valence-corrected chi connectivity index (χ3v) is 4.76. The standard InChI is InChI=1S/C22H18N4O3/c27-21-19-16(15-4-2-1-3-5-15)8-9-23-20(19)25-22(26-21)24-13-14-6-7-17-18(12-14)29-11-10-28-17/h1-9,12H,10-11,13H2,(H2,23,24,25,26,27). The molecule has 0 radical (unpaired) electrons. The number of nitrogens with zero attached hydrogens (tertiary/aromatic N) is 2. The summed E-state index contributed by atoms with van der Waals surface area (Å²) in [6.07, 6.45) is 1.67. The Morgan fingerprint density at radius 2 is 1.83 bits per heavy atom. The molecule has 0 bridgehead atoms. The number of benzene rings is 2. The Balaban J connectivity index is 1.44. The number of fused-ring (bicyclic) bond motifs is 2. The highest BCUT2D eigenvalue weighted by Gasteiger charge is 2.13. The number of rotatable bonds is 4. The van der Waals surface area contributed by atoms with Gasteiger partial charge in [0.2, 0.25) is 5.95 Å². The highest BCUT2D eigenvalue weighted by molar-refractivity contribution is 5.92. The first-order chi connectivity index (χ1) is 14.3. The van der Waals surface area contributed by atoms with Gasteiger partial charge in [0.1, 0.15) is 13.2 Å². The number of aromatic amines is 1. The Hall–Kier alpha value is -3.87. The molecule has 0 spiro atoms. The quantitative estimate of drug-likeness (QED) is 0.559. The summed E-state index contributed by atoms with van der Waals surface area (Å²) >= 11 is 0. The van der Waals surface area contributed by atoms with E-state index in [0.29, 0.717) is 36.7 Å². The molecule has 7 heteroatoms. The van der Waals surface area contributed by atoms with Crippen molar-refractivity contribution in [3.8, 4) is 22.6 Å². The first kappa shape index (κ1) is 17.2. The van der Waals surface area contributed by atoms with E-state index in [0.717, 1.165) is 28.2 Å². The van der Waals surface area contributed by atoms with Gasteiger partial charge in [0, 0.05) is 12.7 Å². The molecule has 1 aliphatic heterocycles. The summed E-state index contributed by atoms with van der Waals surface area (Å²) in [4.78, 5) is 24.4. The summed E-state index contributed by atoms with van der Waals surface area (Å²) in [5, 5.41) is 3.63. The van der Waals surface area contributed by atoms with Gasteiger partial charge in [-0.15, -0.1) is 0 Å². The molecule has 0 saturated carbocycles. The molecule has 0 atom stereocenters. The van der Waals surface area contributed by atoms with Crippen molar-refractivity contribution in [1.82, 2.24) is 15.0 Å². The second kappa shape index (κ2) is 7.27. The number of nitrogens with one attached hydrogen (secondary N) is 2. The van der Waals surface area contributed by atoms with Crippen molar-refractivity contribution >= 4 is 17.0 Å². The van der Waals surface area contributed by atoms with Crippen LogP contribution in [0.3, 0.4) is 0 Å². The maximum absolute atomic E-state index is 12.8. The molecule has 0 unspecified atom stereocenters. The van der Waals surface area contributed by atoms with Gasteiger partial charge in [-0.05, 0) is 34.9 Å². The molecule has 144 valence electrons. The zero-order chi connectivity index (χ0) is 19.6. The summed E-state index contributed by atoms with van der Waals surface area (Å²) < 4.78 is 11.2. The number of hydrogen-bond donors (Lipinski definition) is 2. The topological polar surface area (TPSA) is 89.1 Å². The number of hydrogen-bond acceptors (Lipinski definition) is 6. The van der Waals surface area contributed by atoms with Gasteiger partial charge in [0.05, 0.1) is 5.39 Å². The van der Waals surface area contributed by atoms with Crippen LogP contribution < -0.4 is 20.3 Å². The average Bonchev–Trinajstić information content (AvgIpc) is 2.78. The van der Waals surface area contributed by atoms with Crippen LogP contribution in [0.4, 0.5) is 5.95 Å². The average molecular weight is 386 g/mol. The molecule has 0 fully saturated rings. The van der Waals surface area contributed by atoms with Gasteiger partial charge in [-0.25, -0.2) is 4.98 Å². The number of pyridine rings is 1. The van der Waals surface area contributed by atoms with Crippen LogP contribution in [0.2, 0.25) is 0 Å². The first-order valence-electron chi connectivity index (χ1n) is 9.35. The van der Waals surface area contributed by atoms with Crippen LogP contribution in [0, 0.1) is 0 Å². The molecule has 4 aromatic rings. The van der Waals surface area contributed by atoms with Gasteiger partial charge >= 0.3 is 0 Å². The van der Waals surface area contributed by atoms with E-state index >= 15 is 0 Å². The van der Waals surface area contributed by atoms with E-state index in [2.05, 4.69) is 20.3 Å². The SMILES string of the molecule is O=c1[nH]c(NCc2ccc3c(c2)OCCO3)nc2nccc(-c3ccccc3)c12. The maximum atomic E-state index is 12.8. The lowest BCUT2D eigenvalue weighted by Crippen LogP contribution is -2.16. The van der Waals surface area contributed by atoms with E-state index < -0.39 is 0 Å². The van der Waals surface area contributed by atoms with E-state index in [-0.39, 0.29) is 5.56 Å². The molecule has 29 heavy (non-hydrogen) atoms. The van der Waals surface area contributed by atoms with Crippen molar-refractivity contribution in [2.24, 2.45) is 0 Å². The molecule has 0 saturated heterocycles. The monoisotopic (exact) mass is 386 g/mol. The highest BCUT2D eigenvalue weighted by atomic mass is 16.6. The molecule has 2 aromatic carbocycles. The van der Waals surface area contributed by atoms with Crippen molar-refractivity contribution < 1.29 is 9.47 Å². The van der Waals surface area contributed by atoms with Crippen molar-refractivity contribution in [3.63, 3.8) is 0 Å². The molecular formula is C22H18N4O3. The van der Waals surface area contributed by atoms with E-state index in [1.165, 1.54) is 0 Å². The van der Waals surface area contributed by atoms with Gasteiger partial charge < -0.3 is 14.8 Å². The van der Waals surface area contributed by atoms with Gasteiger partial charge in [-0.1, -0.05) is 36.4 Å². The van der Waals surface area contributed by atoms with E-state index in [1.54, 1.807) is 6.20 Å². The zero-order valence-corrected chi connectivity index (χ0v) is 15.5. The Morgan fingerprint density at radius 1 is 1.00 bits per heavy atom. The molecule has 2 N–H and O–H groups in total. The lowest BCUT2D eigenvalue weighted by Gasteiger charge is -2.19. The molecule has 3 heterocycles. The summed E-state index contributed by atoms with van der Waals surface area (Å²) in [7, 11) is 0. The van der Waals surface area contributed by atoms with Gasteiger partial charge in [-0.2, -0.15) is 4.98 Å². The Kier molecular flexibility index (Phi) is 4.32. The Bertz CT molecular complexity index is 1240. The van der Waals surface area contributed by atoms with Crippen LogP contribution in [-0.4, -0.2) is 28.2 Å². The number of aromatic nitrogens is 3. The molecule has 1 aliphatic rings. The largest absolute Gasteiger partial charge is 0.486 e. The van der Waals surface area contributed by atoms with Crippen LogP contribution in [0.1, 0.15) is 5.56 Å². The Labute approximate surface area is 166 Å². The van der Waals surface area contributed by atoms with Gasteiger partial charge in [0.15, 0.2) is 17.1 Å². The van der Waals surface area contributed by atoms with Gasteiger partial charge in [0.25, 0.3) is 5.56 Å². The number of anilines is 1. The van der Waals surface area contributed by atoms with Crippen LogP contribution in [-0.2, 0) is 6.54 Å². The van der Waals surface area contributed by atoms with Crippen LogP contribution >= 0.6 is 0 Å². The molecule has 2 aromatic heterocycles. The Morgan fingerprint density at radius 3 is 2.69 bits per heavy atom. The summed E-state index contributed by atoms with van der Waals surface area (Å²) in [6, 6.07) is 17.3. The lowest BCUT2D eigenvalue weighted by atomic mass is 10.0. The van der Waals surface area contributed by atoms with Crippen LogP contribution in [0.5, 0.6) is 11.5 Å². The molecular weight excluding hydrogens is 368 g/mol. The maximum Gasteiger partial charge on any atom is 0.262 e. The molecule has 0 aliphatic carbocycles. The highest BCUT2D eigenvalue weighted by Crippen LogP contribution is 2.31. The van der Waals surface area contributed by atoms with Crippen molar-refractivity contribution in [3.05, 3.63) is 76.7 Å². The smallest absolute Gasteiger partial charge is 0.262 e. The fraction of sp³-hybridized carbons (Fsp3) is 0.136. The van der Waals surface area contributed by atoms with Crippen LogP contribution in [0.15, 0.2) is 65.6 Å². The zero-order valence-electron chi connectivity index (χ0n) is 15.5. The minimum atomic E-state index is -0.230. The van der Waals surface area contributed by atoms with E-state index in [1.807, 2.05) is 54.6 Å². The summed E-state index contributed by atoms with van der Waals surface area (Å²) in [5.41, 5.74) is 2.92. The lowest BCUT2D eigenvalue weighted by molar-refractivity contribution is 0.171. The fourth-order valence-corrected chi connectivity index (χ4v) is 3.39. The third-order valence-electron chi connectivity index (χ3n) is 4.76. The fourth-order valence-electron chi connectivity index (χ4n) is 3.39. The normalized spacial score (nSPS) is 12.7. The van der Waals surface area contributed by atoms with E-state index in [9.17, 15) is 4.79 Å². The summed E-state index contributed by atoms with van der Waals surface area (Å²) in [6.45, 7) is 1.58. The predicted octanol–water partition coefficient (Wildman–Crippen LogP) is 3.37. The number of H-pyrrole nitrogens is 1. The molecule has 5 rings (SSSR count). The molecule has 7 nitrogen and oxygen atoms in total. The van der Waals surface area contributed by atoms with Gasteiger partial charge in [-0.3, -0.25) is 9.78 Å². The minimum Gasteiger partial charge on any atom is -0.486 e. The predicted molar refractivity (Wildman–Crippen MR) is 110 cm³/mol. The molecule has 0 amide bonds. The second-order valence-corrected chi connectivity index (χ2v) is 6.67. The van der Waals surface area contributed by atoms with E-state index in [4.69, 9.17) is 9.47 Å². The van der Waals surface area contributed by atoms with Crippen molar-refractivity contribution in [2.45, 2.75) is 6.54 Å².